The summed E-state index contributed by atoms with van der Waals surface area (Å²) in [5, 5.41) is 15.8. The van der Waals surface area contributed by atoms with Gasteiger partial charge in [-0.2, -0.15) is 0 Å². The molecule has 0 amide bonds. The van der Waals surface area contributed by atoms with Crippen molar-refractivity contribution in [2.45, 2.75) is 27.4 Å². The molecule has 4 rings (SSSR count). The zero-order valence-corrected chi connectivity index (χ0v) is 15.4. The third-order valence-electron chi connectivity index (χ3n) is 4.15. The Morgan fingerprint density at radius 2 is 1.75 bits per heavy atom. The minimum Gasteiger partial charge on any atom is -0.452 e. The summed E-state index contributed by atoms with van der Waals surface area (Å²) in [4.78, 5) is 12.2. The minimum atomic E-state index is -0.567. The number of hydrogen-bond acceptors (Lipinski definition) is 9. The molecule has 3 aromatic heterocycles. The Morgan fingerprint density at radius 1 is 1.00 bits per heavy atom. The van der Waals surface area contributed by atoms with Crippen LogP contribution in [0, 0.1) is 20.8 Å². The molecule has 0 N–H and O–H groups in total. The van der Waals surface area contributed by atoms with Gasteiger partial charge in [-0.3, -0.25) is 0 Å². The van der Waals surface area contributed by atoms with Crippen LogP contribution < -0.4 is 0 Å². The Labute approximate surface area is 159 Å². The topological polar surface area (TPSA) is 117 Å². The zero-order valence-electron chi connectivity index (χ0n) is 15.4. The predicted molar refractivity (Wildman–Crippen MR) is 95.1 cm³/mol. The van der Waals surface area contributed by atoms with Gasteiger partial charge in [0.25, 0.3) is 11.8 Å². The molecule has 9 nitrogen and oxygen atoms in total. The van der Waals surface area contributed by atoms with Crippen molar-refractivity contribution in [2.24, 2.45) is 0 Å². The molecule has 0 unspecified atom stereocenters. The summed E-state index contributed by atoms with van der Waals surface area (Å²) in [6.45, 7) is 4.88. The Morgan fingerprint density at radius 3 is 2.46 bits per heavy atom. The Hall–Kier alpha value is -3.75. The van der Waals surface area contributed by atoms with Crippen molar-refractivity contribution in [1.82, 2.24) is 20.5 Å². The Kier molecular flexibility index (Phi) is 4.48. The first-order chi connectivity index (χ1) is 13.5. The molecule has 28 heavy (non-hydrogen) atoms. The van der Waals surface area contributed by atoms with Gasteiger partial charge in [0.1, 0.15) is 28.3 Å². The van der Waals surface area contributed by atoms with E-state index < -0.39 is 5.97 Å². The lowest BCUT2D eigenvalue weighted by molar-refractivity contribution is 0.0436. The highest BCUT2D eigenvalue weighted by Gasteiger charge is 2.23. The smallest absolute Gasteiger partial charge is 0.344 e. The lowest BCUT2D eigenvalue weighted by Gasteiger charge is -2.01. The van der Waals surface area contributed by atoms with Gasteiger partial charge in [-0.25, -0.2) is 4.79 Å². The van der Waals surface area contributed by atoms with E-state index in [1.54, 1.807) is 20.8 Å². The number of aromatic nitrogens is 4. The van der Waals surface area contributed by atoms with Crippen LogP contribution in [-0.2, 0) is 11.3 Å². The van der Waals surface area contributed by atoms with E-state index in [0.717, 1.165) is 5.56 Å². The highest BCUT2D eigenvalue weighted by Crippen LogP contribution is 2.33. The second-order valence-corrected chi connectivity index (χ2v) is 6.10. The molecule has 0 aliphatic carbocycles. The molecule has 0 saturated heterocycles. The van der Waals surface area contributed by atoms with Crippen LogP contribution >= 0.6 is 0 Å². The van der Waals surface area contributed by atoms with Crippen molar-refractivity contribution in [3.8, 4) is 22.7 Å². The molecule has 0 saturated carbocycles. The fourth-order valence-corrected chi connectivity index (χ4v) is 2.80. The van der Waals surface area contributed by atoms with Crippen molar-refractivity contribution in [3.63, 3.8) is 0 Å². The van der Waals surface area contributed by atoms with Crippen LogP contribution in [0.5, 0.6) is 0 Å². The highest BCUT2D eigenvalue weighted by molar-refractivity contribution is 5.91. The molecular weight excluding hydrogens is 364 g/mol. The quantitative estimate of drug-likeness (QED) is 0.478. The molecule has 9 heteroatoms. The zero-order chi connectivity index (χ0) is 19.7. The average molecular weight is 380 g/mol. The number of nitrogens with zero attached hydrogens (tertiary/aromatic N) is 4. The molecule has 0 fully saturated rings. The first-order valence-corrected chi connectivity index (χ1v) is 8.49. The molecule has 0 spiro atoms. The normalized spacial score (nSPS) is 11.0. The van der Waals surface area contributed by atoms with E-state index in [1.807, 2.05) is 30.3 Å². The third-order valence-corrected chi connectivity index (χ3v) is 4.15. The highest BCUT2D eigenvalue weighted by atomic mass is 16.5. The van der Waals surface area contributed by atoms with Crippen LogP contribution in [-0.4, -0.2) is 26.5 Å². The summed E-state index contributed by atoms with van der Waals surface area (Å²) in [6.07, 6.45) is 0. The maximum atomic E-state index is 12.2. The van der Waals surface area contributed by atoms with E-state index in [9.17, 15) is 4.79 Å². The van der Waals surface area contributed by atoms with Gasteiger partial charge in [0.2, 0.25) is 0 Å². The third kappa shape index (κ3) is 3.18. The lowest BCUT2D eigenvalue weighted by Crippen LogP contribution is -2.07. The number of aryl methyl sites for hydroxylation is 3. The molecule has 0 bridgehead atoms. The van der Waals surface area contributed by atoms with E-state index in [1.165, 1.54) is 0 Å². The molecule has 4 aromatic rings. The fourth-order valence-electron chi connectivity index (χ4n) is 2.80. The summed E-state index contributed by atoms with van der Waals surface area (Å²) >= 11 is 0. The lowest BCUT2D eigenvalue weighted by atomic mass is 10.1. The van der Waals surface area contributed by atoms with E-state index in [-0.39, 0.29) is 18.4 Å². The van der Waals surface area contributed by atoms with Crippen LogP contribution in [0.1, 0.15) is 33.5 Å². The van der Waals surface area contributed by atoms with Crippen molar-refractivity contribution in [1.29, 1.82) is 0 Å². The number of benzene rings is 1. The van der Waals surface area contributed by atoms with Crippen molar-refractivity contribution < 1.29 is 23.0 Å². The summed E-state index contributed by atoms with van der Waals surface area (Å²) in [6, 6.07) is 9.52. The molecule has 142 valence electrons. The van der Waals surface area contributed by atoms with Gasteiger partial charge in [0.15, 0.2) is 6.61 Å². The summed E-state index contributed by atoms with van der Waals surface area (Å²) < 4.78 is 21.2. The number of esters is 1. The van der Waals surface area contributed by atoms with Gasteiger partial charge in [-0.15, -0.1) is 10.2 Å². The fraction of sp³-hybridized carbons (Fsp3) is 0.211. The van der Waals surface area contributed by atoms with Crippen molar-refractivity contribution in [2.75, 3.05) is 0 Å². The number of carbonyl (C=O) groups is 1. The molecular formula is C19H16N4O5. The molecule has 0 aliphatic heterocycles. The first-order valence-electron chi connectivity index (χ1n) is 8.49. The van der Waals surface area contributed by atoms with Gasteiger partial charge >= 0.3 is 5.97 Å². The number of carbonyl (C=O) groups excluding carboxylic acids is 1. The van der Waals surface area contributed by atoms with Crippen LogP contribution in [0.3, 0.4) is 0 Å². The number of ether oxygens (including phenoxy) is 1. The van der Waals surface area contributed by atoms with Gasteiger partial charge in [0.05, 0.1) is 5.69 Å². The second kappa shape index (κ2) is 7.10. The number of hydrogen-bond donors (Lipinski definition) is 0. The van der Waals surface area contributed by atoms with Crippen molar-refractivity contribution in [3.05, 3.63) is 59.0 Å². The standard InChI is InChI=1S/C19H16N4O5/c1-10-15(11(2)27-22-10)19(24)25-9-14-20-21-18(26-14)16-12(3)28-23-17(16)13-7-5-4-6-8-13/h4-8H,9H2,1-3H3. The summed E-state index contributed by atoms with van der Waals surface area (Å²) in [5.74, 6) is 0.751. The van der Waals surface area contributed by atoms with Gasteiger partial charge in [-0.05, 0) is 20.8 Å². The maximum Gasteiger partial charge on any atom is 0.344 e. The first kappa shape index (κ1) is 17.7. The Balaban J connectivity index is 1.55. The maximum absolute atomic E-state index is 12.2. The number of rotatable bonds is 5. The molecule has 0 radical (unpaired) electrons. The Bertz CT molecular complexity index is 1110. The molecule has 0 atom stereocenters. The van der Waals surface area contributed by atoms with Crippen LogP contribution in [0.4, 0.5) is 0 Å². The van der Waals surface area contributed by atoms with Crippen LogP contribution in [0.15, 0.2) is 43.8 Å². The molecule has 0 aliphatic rings. The van der Waals surface area contributed by atoms with E-state index in [0.29, 0.717) is 34.0 Å². The van der Waals surface area contributed by atoms with E-state index >= 15 is 0 Å². The molecule has 1 aromatic carbocycles. The summed E-state index contributed by atoms with van der Waals surface area (Å²) in [5.41, 5.74) is 2.81. The molecule has 3 heterocycles. The monoisotopic (exact) mass is 380 g/mol. The van der Waals surface area contributed by atoms with Crippen molar-refractivity contribution >= 4 is 5.97 Å². The van der Waals surface area contributed by atoms with Crippen LogP contribution in [0.25, 0.3) is 22.7 Å². The predicted octanol–water partition coefficient (Wildman–Crippen LogP) is 3.66. The van der Waals surface area contributed by atoms with E-state index in [4.69, 9.17) is 18.2 Å². The SMILES string of the molecule is Cc1noc(C)c1C(=O)OCc1nnc(-c2c(-c3ccccc3)noc2C)o1. The summed E-state index contributed by atoms with van der Waals surface area (Å²) in [7, 11) is 0. The largest absolute Gasteiger partial charge is 0.452 e. The average Bonchev–Trinajstić information content (AvgIpc) is 3.39. The van der Waals surface area contributed by atoms with Crippen LogP contribution in [0.2, 0.25) is 0 Å². The van der Waals surface area contributed by atoms with E-state index in [2.05, 4.69) is 20.5 Å². The van der Waals surface area contributed by atoms with Gasteiger partial charge in [-0.1, -0.05) is 40.6 Å². The van der Waals surface area contributed by atoms with Gasteiger partial charge in [0, 0.05) is 5.56 Å². The van der Waals surface area contributed by atoms with Gasteiger partial charge < -0.3 is 18.2 Å². The second-order valence-electron chi connectivity index (χ2n) is 6.10. The minimum absolute atomic E-state index is 0.148.